The van der Waals surface area contributed by atoms with Gasteiger partial charge in [0.2, 0.25) is 11.8 Å². The number of H-pyrrole nitrogens is 1. The van der Waals surface area contributed by atoms with E-state index in [0.717, 1.165) is 33.3 Å². The van der Waals surface area contributed by atoms with Gasteiger partial charge in [-0.05, 0) is 53.3 Å². The van der Waals surface area contributed by atoms with Crippen molar-refractivity contribution in [3.05, 3.63) is 107 Å². The highest BCUT2D eigenvalue weighted by atomic mass is 19.1. The minimum atomic E-state index is -0.779. The van der Waals surface area contributed by atoms with Gasteiger partial charge in [0.05, 0.1) is 6.04 Å². The lowest BCUT2D eigenvalue weighted by Gasteiger charge is -2.38. The number of rotatable bonds is 8. The monoisotopic (exact) mass is 552 g/mol. The average Bonchev–Trinajstić information content (AvgIpc) is 3.50. The molecule has 3 heterocycles. The van der Waals surface area contributed by atoms with Gasteiger partial charge in [-0.2, -0.15) is 0 Å². The Labute approximate surface area is 238 Å². The van der Waals surface area contributed by atoms with Crippen molar-refractivity contribution in [1.82, 2.24) is 20.5 Å². The quantitative estimate of drug-likeness (QED) is 0.297. The number of hydrogen-bond acceptors (Lipinski definition) is 3. The van der Waals surface area contributed by atoms with E-state index in [-0.39, 0.29) is 29.5 Å². The van der Waals surface area contributed by atoms with E-state index in [2.05, 4.69) is 15.6 Å². The second-order valence-corrected chi connectivity index (χ2v) is 11.0. The molecule has 0 saturated carbocycles. The minimum absolute atomic E-state index is 0.136. The predicted molar refractivity (Wildman–Crippen MR) is 155 cm³/mol. The molecule has 2 aliphatic rings. The maximum Gasteiger partial charge on any atom is 0.255 e. The van der Waals surface area contributed by atoms with Crippen LogP contribution in [0.15, 0.2) is 72.8 Å². The lowest BCUT2D eigenvalue weighted by Crippen LogP contribution is -2.58. The number of aromatic amines is 1. The Hall–Kier alpha value is -4.46. The number of fused-ring (bicyclic) bond motifs is 7. The van der Waals surface area contributed by atoms with Crippen molar-refractivity contribution in [2.45, 2.75) is 51.2 Å². The highest BCUT2D eigenvalue weighted by Gasteiger charge is 2.49. The Balaban J connectivity index is 1.27. The number of benzene rings is 3. The Morgan fingerprint density at radius 3 is 2.66 bits per heavy atom. The van der Waals surface area contributed by atoms with E-state index in [1.165, 1.54) is 12.1 Å². The van der Waals surface area contributed by atoms with Crippen LogP contribution in [0.1, 0.15) is 59.1 Å². The van der Waals surface area contributed by atoms with Gasteiger partial charge in [-0.3, -0.25) is 14.4 Å². The van der Waals surface area contributed by atoms with E-state index in [4.69, 9.17) is 0 Å². The smallest absolute Gasteiger partial charge is 0.255 e. The van der Waals surface area contributed by atoms with Gasteiger partial charge in [0.1, 0.15) is 17.9 Å². The summed E-state index contributed by atoms with van der Waals surface area (Å²) in [6, 6.07) is 19.8. The van der Waals surface area contributed by atoms with E-state index in [1.807, 2.05) is 62.4 Å². The summed E-state index contributed by atoms with van der Waals surface area (Å²) in [5.74, 6) is -1.28. The van der Waals surface area contributed by atoms with Crippen LogP contribution in [0, 0.1) is 11.7 Å². The number of para-hydroxylation sites is 1. The van der Waals surface area contributed by atoms with Gasteiger partial charge in [0, 0.05) is 35.1 Å². The molecule has 3 N–H and O–H groups in total. The van der Waals surface area contributed by atoms with Crippen LogP contribution in [0.4, 0.5) is 4.39 Å². The number of nitrogens with one attached hydrogen (secondary N) is 3. The largest absolute Gasteiger partial charge is 0.356 e. The average molecular weight is 553 g/mol. The zero-order valence-electron chi connectivity index (χ0n) is 23.1. The number of aromatic nitrogens is 1. The molecule has 6 rings (SSSR count). The zero-order chi connectivity index (χ0) is 28.7. The molecule has 0 spiro atoms. The molecule has 0 unspecified atom stereocenters. The van der Waals surface area contributed by atoms with Crippen molar-refractivity contribution in [1.29, 1.82) is 0 Å². The molecule has 0 radical (unpaired) electrons. The molecule has 8 heteroatoms. The minimum Gasteiger partial charge on any atom is -0.356 e. The number of nitrogens with zero attached hydrogens (tertiary/aromatic N) is 1. The van der Waals surface area contributed by atoms with Gasteiger partial charge in [0.15, 0.2) is 0 Å². The number of amides is 3. The van der Waals surface area contributed by atoms with Crippen LogP contribution in [-0.2, 0) is 22.4 Å². The first-order chi connectivity index (χ1) is 19.9. The van der Waals surface area contributed by atoms with Gasteiger partial charge < -0.3 is 20.5 Å². The highest BCUT2D eigenvalue weighted by Crippen LogP contribution is 2.46. The molecule has 0 aliphatic carbocycles. The highest BCUT2D eigenvalue weighted by molar-refractivity contribution is 6.04. The Bertz CT molecular complexity index is 1650. The molecule has 41 heavy (non-hydrogen) atoms. The SMILES string of the molecule is CC[C@H](C)[C@H](NC(=O)[C@@H]1Cc2c([nH]c3ccccc23)[C@@H]2c3ccccc3C(=O)N21)C(=O)NCCc1cccc(F)c1. The summed E-state index contributed by atoms with van der Waals surface area (Å²) in [6.07, 6.45) is 1.49. The van der Waals surface area contributed by atoms with Crippen LogP contribution in [0.5, 0.6) is 0 Å². The second kappa shape index (κ2) is 10.8. The number of carbonyl (C=O) groups is 3. The first kappa shape index (κ1) is 26.7. The summed E-state index contributed by atoms with van der Waals surface area (Å²) in [5, 5.41) is 6.96. The van der Waals surface area contributed by atoms with Crippen LogP contribution in [0.25, 0.3) is 10.9 Å². The molecule has 4 atom stereocenters. The number of halogens is 1. The van der Waals surface area contributed by atoms with Gasteiger partial charge in [-0.15, -0.1) is 0 Å². The standard InChI is InChI=1S/C33H33FN4O3/c1-3-19(2)28(32(40)35-16-15-20-9-8-10-21(34)17-20)37-31(39)27-18-25-22-11-6-7-14-26(22)36-29(25)30-23-12-4-5-13-24(23)33(41)38(27)30/h4-14,17,19,27-28,30,36H,3,15-16,18H2,1-2H3,(H,35,40)(H,37,39)/t19-,27-,28-,30-/m0/s1. The van der Waals surface area contributed by atoms with Crippen LogP contribution >= 0.6 is 0 Å². The Morgan fingerprint density at radius 2 is 1.85 bits per heavy atom. The molecular weight excluding hydrogens is 519 g/mol. The molecule has 4 aromatic rings. The van der Waals surface area contributed by atoms with Crippen LogP contribution in [0.3, 0.4) is 0 Å². The van der Waals surface area contributed by atoms with Crippen molar-refractivity contribution < 1.29 is 18.8 Å². The topological polar surface area (TPSA) is 94.3 Å². The molecule has 3 amide bonds. The summed E-state index contributed by atoms with van der Waals surface area (Å²) < 4.78 is 13.6. The molecule has 3 aromatic carbocycles. The van der Waals surface area contributed by atoms with Crippen molar-refractivity contribution >= 4 is 28.6 Å². The van der Waals surface area contributed by atoms with Gasteiger partial charge in [-0.1, -0.05) is 68.8 Å². The van der Waals surface area contributed by atoms with E-state index in [0.29, 0.717) is 31.4 Å². The van der Waals surface area contributed by atoms with E-state index in [1.54, 1.807) is 17.0 Å². The maximum atomic E-state index is 14.0. The Kier molecular flexibility index (Phi) is 7.07. The normalized spacial score (nSPS) is 18.8. The molecule has 210 valence electrons. The number of hydrogen-bond donors (Lipinski definition) is 3. The summed E-state index contributed by atoms with van der Waals surface area (Å²) in [5.41, 5.74) is 5.16. The third-order valence-corrected chi connectivity index (χ3v) is 8.55. The predicted octanol–water partition coefficient (Wildman–Crippen LogP) is 4.67. The molecule has 0 saturated heterocycles. The van der Waals surface area contributed by atoms with Gasteiger partial charge in [0.25, 0.3) is 5.91 Å². The molecular formula is C33H33FN4O3. The molecule has 7 nitrogen and oxygen atoms in total. The Morgan fingerprint density at radius 1 is 1.07 bits per heavy atom. The molecule has 0 fully saturated rings. The van der Waals surface area contributed by atoms with E-state index < -0.39 is 18.1 Å². The van der Waals surface area contributed by atoms with Crippen molar-refractivity contribution in [3.63, 3.8) is 0 Å². The lowest BCUT2D eigenvalue weighted by molar-refractivity contribution is -0.133. The van der Waals surface area contributed by atoms with Crippen LogP contribution in [0.2, 0.25) is 0 Å². The first-order valence-electron chi connectivity index (χ1n) is 14.2. The second-order valence-electron chi connectivity index (χ2n) is 11.0. The first-order valence-corrected chi connectivity index (χ1v) is 14.2. The molecule has 2 aliphatic heterocycles. The van der Waals surface area contributed by atoms with Crippen LogP contribution < -0.4 is 10.6 Å². The van der Waals surface area contributed by atoms with Gasteiger partial charge >= 0.3 is 0 Å². The third-order valence-electron chi connectivity index (χ3n) is 8.55. The lowest BCUT2D eigenvalue weighted by atomic mass is 9.89. The maximum absolute atomic E-state index is 14.0. The summed E-state index contributed by atoms with van der Waals surface area (Å²) in [4.78, 5) is 46.3. The number of carbonyl (C=O) groups excluding carboxylic acids is 3. The summed E-state index contributed by atoms with van der Waals surface area (Å²) >= 11 is 0. The zero-order valence-corrected chi connectivity index (χ0v) is 23.1. The van der Waals surface area contributed by atoms with E-state index >= 15 is 0 Å². The van der Waals surface area contributed by atoms with E-state index in [9.17, 15) is 18.8 Å². The summed E-state index contributed by atoms with van der Waals surface area (Å²) in [6.45, 7) is 4.21. The fourth-order valence-corrected chi connectivity index (χ4v) is 6.22. The van der Waals surface area contributed by atoms with Gasteiger partial charge in [-0.25, -0.2) is 4.39 Å². The molecule has 0 bridgehead atoms. The van der Waals surface area contributed by atoms with Crippen molar-refractivity contribution in [3.8, 4) is 0 Å². The fourth-order valence-electron chi connectivity index (χ4n) is 6.22. The summed E-state index contributed by atoms with van der Waals surface area (Å²) in [7, 11) is 0. The fraction of sp³-hybridized carbons (Fsp3) is 0.303. The van der Waals surface area contributed by atoms with Crippen LogP contribution in [-0.4, -0.2) is 46.2 Å². The van der Waals surface area contributed by atoms with Crippen molar-refractivity contribution in [2.24, 2.45) is 5.92 Å². The third kappa shape index (κ3) is 4.77. The van der Waals surface area contributed by atoms with Crippen molar-refractivity contribution in [2.75, 3.05) is 6.54 Å². The molecule has 1 aromatic heterocycles.